The van der Waals surface area contributed by atoms with Gasteiger partial charge in [-0.3, -0.25) is 5.41 Å². The van der Waals surface area contributed by atoms with E-state index in [4.69, 9.17) is 16.6 Å². The van der Waals surface area contributed by atoms with Crippen LogP contribution in [0.1, 0.15) is 6.92 Å². The van der Waals surface area contributed by atoms with Crippen molar-refractivity contribution in [1.29, 1.82) is 10.8 Å². The van der Waals surface area contributed by atoms with E-state index in [1.165, 1.54) is 12.2 Å². The third-order valence-electron chi connectivity index (χ3n) is 0.647. The Morgan fingerprint density at radius 2 is 2.20 bits per heavy atom. The zero-order valence-corrected chi connectivity index (χ0v) is 5.76. The Labute approximate surface area is 59.5 Å². The average Bonchev–Trinajstić information content (AvgIpc) is 1.82. The second kappa shape index (κ2) is 4.43. The van der Waals surface area contributed by atoms with Crippen LogP contribution in [-0.2, 0) is 0 Å². The minimum absolute atomic E-state index is 0.0588. The molecule has 0 aliphatic carbocycles. The minimum Gasteiger partial charge on any atom is -0.387 e. The summed E-state index contributed by atoms with van der Waals surface area (Å²) < 4.78 is 0. The molecule has 0 aromatic heterocycles. The molecule has 0 bridgehead atoms. The fourth-order valence-electron chi connectivity index (χ4n) is 0.367. The molecule has 0 aromatic rings. The highest BCUT2D eigenvalue weighted by Crippen LogP contribution is 1.78. The number of amidine groups is 2. The second-order valence-corrected chi connectivity index (χ2v) is 1.66. The summed E-state index contributed by atoms with van der Waals surface area (Å²) in [6.07, 6.45) is 3.88. The Hall–Kier alpha value is -1.45. The third kappa shape index (κ3) is 4.70. The van der Waals surface area contributed by atoms with Gasteiger partial charge in [-0.25, -0.2) is 4.99 Å². The lowest BCUT2D eigenvalue weighted by Gasteiger charge is -1.87. The molecular formula is C6H10N4. The molecule has 4 heteroatoms. The Kier molecular flexibility index (Phi) is 3.79. The normalized spacial score (nSPS) is 11.9. The summed E-state index contributed by atoms with van der Waals surface area (Å²) >= 11 is 0. The molecule has 0 radical (unpaired) electrons. The smallest absolute Gasteiger partial charge is 0.146 e. The Morgan fingerprint density at radius 1 is 1.60 bits per heavy atom. The van der Waals surface area contributed by atoms with E-state index in [2.05, 4.69) is 4.99 Å². The fourth-order valence-corrected chi connectivity index (χ4v) is 0.367. The molecule has 0 fully saturated rings. The van der Waals surface area contributed by atoms with Gasteiger partial charge in [-0.1, -0.05) is 0 Å². The van der Waals surface area contributed by atoms with Crippen molar-refractivity contribution < 1.29 is 0 Å². The van der Waals surface area contributed by atoms with E-state index in [1.807, 2.05) is 0 Å². The lowest BCUT2D eigenvalue weighted by atomic mass is 10.5. The monoisotopic (exact) mass is 138 g/mol. The summed E-state index contributed by atoms with van der Waals surface area (Å²) in [7, 11) is 0. The third-order valence-corrected chi connectivity index (χ3v) is 0.647. The average molecular weight is 138 g/mol. The van der Waals surface area contributed by atoms with Gasteiger partial charge in [0.25, 0.3) is 0 Å². The van der Waals surface area contributed by atoms with Gasteiger partial charge in [0.2, 0.25) is 0 Å². The van der Waals surface area contributed by atoms with Gasteiger partial charge in [-0.2, -0.15) is 0 Å². The van der Waals surface area contributed by atoms with Crippen LogP contribution in [0.5, 0.6) is 0 Å². The number of rotatable bonds is 2. The van der Waals surface area contributed by atoms with Crippen LogP contribution in [0.15, 0.2) is 17.1 Å². The Morgan fingerprint density at radius 3 is 2.60 bits per heavy atom. The molecule has 0 heterocycles. The van der Waals surface area contributed by atoms with Gasteiger partial charge in [0.15, 0.2) is 0 Å². The number of allylic oxidation sites excluding steroid dienone is 1. The standard InChI is InChI=1S/C6H10N4/c1-5(8)10-6(9)3-2-4-7/h2-4,7H,1H3,(H3,8,9,10)/b3-2-,7-4?. The maximum absolute atomic E-state index is 7.06. The van der Waals surface area contributed by atoms with Crippen LogP contribution < -0.4 is 5.73 Å². The van der Waals surface area contributed by atoms with Crippen molar-refractivity contribution in [1.82, 2.24) is 0 Å². The van der Waals surface area contributed by atoms with E-state index < -0.39 is 0 Å². The zero-order chi connectivity index (χ0) is 7.98. The van der Waals surface area contributed by atoms with Crippen LogP contribution in [0.4, 0.5) is 0 Å². The van der Waals surface area contributed by atoms with Crippen molar-refractivity contribution in [2.24, 2.45) is 10.7 Å². The van der Waals surface area contributed by atoms with Crippen LogP contribution in [0, 0.1) is 10.8 Å². The van der Waals surface area contributed by atoms with Gasteiger partial charge in [-0.15, -0.1) is 0 Å². The molecule has 0 aliphatic rings. The van der Waals surface area contributed by atoms with Crippen molar-refractivity contribution in [3.8, 4) is 0 Å². The van der Waals surface area contributed by atoms with E-state index in [0.717, 1.165) is 6.21 Å². The lowest BCUT2D eigenvalue weighted by molar-refractivity contribution is 1.43. The summed E-state index contributed by atoms with van der Waals surface area (Å²) in [6, 6.07) is 0. The van der Waals surface area contributed by atoms with Crippen molar-refractivity contribution in [3.63, 3.8) is 0 Å². The number of aliphatic imine (C=N–C) groups is 1. The van der Waals surface area contributed by atoms with Crippen LogP contribution in [-0.4, -0.2) is 17.9 Å². The summed E-state index contributed by atoms with van der Waals surface area (Å²) in [4.78, 5) is 3.60. The molecule has 0 saturated heterocycles. The first-order chi connectivity index (χ1) is 4.66. The summed E-state index contributed by atoms with van der Waals surface area (Å²) in [5.41, 5.74) is 5.18. The van der Waals surface area contributed by atoms with Crippen LogP contribution >= 0.6 is 0 Å². The van der Waals surface area contributed by atoms with Crippen molar-refractivity contribution in [2.75, 3.05) is 0 Å². The van der Waals surface area contributed by atoms with Gasteiger partial charge in [-0.05, 0) is 19.1 Å². The Bertz CT molecular complexity index is 186. The summed E-state index contributed by atoms with van der Waals surface area (Å²) in [6.45, 7) is 1.60. The number of hydrogen-bond donors (Lipinski definition) is 3. The molecule has 0 rings (SSSR count). The maximum atomic E-state index is 7.06. The van der Waals surface area contributed by atoms with E-state index in [9.17, 15) is 0 Å². The molecule has 0 spiro atoms. The van der Waals surface area contributed by atoms with Gasteiger partial charge < -0.3 is 11.1 Å². The quantitative estimate of drug-likeness (QED) is 0.377. The molecule has 0 amide bonds. The van der Waals surface area contributed by atoms with Crippen LogP contribution in [0.2, 0.25) is 0 Å². The number of hydrogen-bond acceptors (Lipinski definition) is 2. The SMILES string of the molecule is CC(N)=NC(=N)/C=C\C=N. The van der Waals surface area contributed by atoms with Crippen molar-refractivity contribution >= 4 is 17.9 Å². The van der Waals surface area contributed by atoms with Gasteiger partial charge in [0.1, 0.15) is 5.84 Å². The van der Waals surface area contributed by atoms with E-state index in [1.54, 1.807) is 6.92 Å². The van der Waals surface area contributed by atoms with Crippen molar-refractivity contribution in [2.45, 2.75) is 6.92 Å². The first-order valence-corrected chi connectivity index (χ1v) is 2.73. The summed E-state index contributed by atoms with van der Waals surface area (Å²) in [5, 5.41) is 13.7. The highest BCUT2D eigenvalue weighted by Gasteiger charge is 1.83. The van der Waals surface area contributed by atoms with Gasteiger partial charge in [0.05, 0.1) is 5.84 Å². The highest BCUT2D eigenvalue weighted by atomic mass is 14.9. The predicted octanol–water partition coefficient (Wildman–Crippen LogP) is 0.547. The molecule has 4 N–H and O–H groups in total. The molecule has 0 atom stereocenters. The molecule has 10 heavy (non-hydrogen) atoms. The first-order valence-electron chi connectivity index (χ1n) is 2.73. The molecule has 4 nitrogen and oxygen atoms in total. The molecule has 0 aromatic carbocycles. The van der Waals surface area contributed by atoms with E-state index in [-0.39, 0.29) is 5.84 Å². The minimum atomic E-state index is 0.0588. The molecular weight excluding hydrogens is 128 g/mol. The van der Waals surface area contributed by atoms with Crippen LogP contribution in [0.25, 0.3) is 0 Å². The number of nitrogens with two attached hydrogens (primary N) is 1. The lowest BCUT2D eigenvalue weighted by Crippen LogP contribution is -2.07. The molecule has 0 aliphatic heterocycles. The van der Waals surface area contributed by atoms with Crippen LogP contribution in [0.3, 0.4) is 0 Å². The highest BCUT2D eigenvalue weighted by molar-refractivity contribution is 6.01. The number of nitrogens with zero attached hydrogens (tertiary/aromatic N) is 1. The maximum Gasteiger partial charge on any atom is 0.146 e. The van der Waals surface area contributed by atoms with Crippen molar-refractivity contribution in [3.05, 3.63) is 12.2 Å². The Balaban J connectivity index is 3.99. The van der Waals surface area contributed by atoms with E-state index in [0.29, 0.717) is 5.84 Å². The van der Waals surface area contributed by atoms with E-state index >= 15 is 0 Å². The van der Waals surface area contributed by atoms with Gasteiger partial charge >= 0.3 is 0 Å². The second-order valence-electron chi connectivity index (χ2n) is 1.66. The zero-order valence-electron chi connectivity index (χ0n) is 5.76. The molecule has 0 unspecified atom stereocenters. The topological polar surface area (TPSA) is 86.1 Å². The molecule has 0 saturated carbocycles. The summed E-state index contributed by atoms with van der Waals surface area (Å²) in [5.74, 6) is 0.406. The fraction of sp³-hybridized carbons (Fsp3) is 0.167. The molecule has 54 valence electrons. The first kappa shape index (κ1) is 8.55. The number of nitrogens with one attached hydrogen (secondary N) is 2. The van der Waals surface area contributed by atoms with Gasteiger partial charge in [0, 0.05) is 6.21 Å². The largest absolute Gasteiger partial charge is 0.387 e. The predicted molar refractivity (Wildman–Crippen MR) is 42.9 cm³/mol.